The molecule has 1 saturated heterocycles. The van der Waals surface area contributed by atoms with Gasteiger partial charge in [0.15, 0.2) is 0 Å². The lowest BCUT2D eigenvalue weighted by molar-refractivity contribution is 0.368. The minimum Gasteiger partial charge on any atom is -0.373 e. The number of likely N-dealkylation sites (N-methyl/N-ethyl adjacent to an activating group) is 1. The summed E-state index contributed by atoms with van der Waals surface area (Å²) in [5.41, 5.74) is 4.02. The van der Waals surface area contributed by atoms with Gasteiger partial charge in [-0.1, -0.05) is 13.0 Å². The Morgan fingerprint density at radius 3 is 2.68 bits per heavy atom. The van der Waals surface area contributed by atoms with Gasteiger partial charge in [-0.2, -0.15) is 0 Å². The summed E-state index contributed by atoms with van der Waals surface area (Å²) in [5.74, 6) is 1.25. The molecule has 0 spiro atoms. The molecule has 2 N–H and O–H groups in total. The van der Waals surface area contributed by atoms with Crippen molar-refractivity contribution in [2.24, 2.45) is 0 Å². The molecule has 0 aromatic rings. The average Bonchev–Trinajstić information content (AvgIpc) is 3.14. The van der Waals surface area contributed by atoms with E-state index in [9.17, 15) is 0 Å². The van der Waals surface area contributed by atoms with Crippen LogP contribution in [0.2, 0.25) is 0 Å². The Labute approximate surface area is 154 Å². The summed E-state index contributed by atoms with van der Waals surface area (Å²) in [7, 11) is 2.01. The topological polar surface area (TPSA) is 30.5 Å². The van der Waals surface area contributed by atoms with Crippen molar-refractivity contribution < 1.29 is 0 Å². The van der Waals surface area contributed by atoms with Crippen LogP contribution in [0.15, 0.2) is 47.1 Å². The number of hydrogen-bond donors (Lipinski definition) is 2. The lowest BCUT2D eigenvalue weighted by Gasteiger charge is -2.35. The van der Waals surface area contributed by atoms with Crippen LogP contribution in [0.5, 0.6) is 0 Å². The zero-order valence-electron chi connectivity index (χ0n) is 16.7. The van der Waals surface area contributed by atoms with E-state index in [4.69, 9.17) is 0 Å². The fraction of sp³-hybridized carbons (Fsp3) is 0.619. The minimum atomic E-state index is 0.339. The first-order chi connectivity index (χ1) is 12.1. The van der Waals surface area contributed by atoms with Gasteiger partial charge in [0.25, 0.3) is 0 Å². The highest BCUT2D eigenvalue weighted by molar-refractivity contribution is 5.35. The maximum atomic E-state index is 3.71. The summed E-state index contributed by atoms with van der Waals surface area (Å²) in [6.45, 7) is 13.1. The Balaban J connectivity index is 2.31. The van der Waals surface area contributed by atoms with E-state index in [-0.39, 0.29) is 0 Å². The smallest absolute Gasteiger partial charge is 0.109 e. The summed E-state index contributed by atoms with van der Waals surface area (Å²) in [6, 6.07) is 0.339. The molecule has 1 atom stereocenters. The third kappa shape index (κ3) is 5.15. The Bertz CT molecular complexity index is 550. The van der Waals surface area contributed by atoms with Crippen LogP contribution in [0.3, 0.4) is 0 Å². The largest absolute Gasteiger partial charge is 0.373 e. The Hall–Kier alpha value is -1.68. The average molecular weight is 345 g/mol. The maximum absolute atomic E-state index is 3.71. The summed E-state index contributed by atoms with van der Waals surface area (Å²) in [5, 5.41) is 7.03. The van der Waals surface area contributed by atoms with Crippen LogP contribution in [0.1, 0.15) is 47.0 Å². The maximum Gasteiger partial charge on any atom is 0.109 e. The van der Waals surface area contributed by atoms with Gasteiger partial charge in [-0.3, -0.25) is 0 Å². The lowest BCUT2D eigenvalue weighted by atomic mass is 10.1. The van der Waals surface area contributed by atoms with Gasteiger partial charge in [0.05, 0.1) is 6.54 Å². The van der Waals surface area contributed by atoms with Crippen LogP contribution in [0.25, 0.3) is 0 Å². The molecule has 2 aliphatic heterocycles. The van der Waals surface area contributed by atoms with E-state index in [1.54, 1.807) is 0 Å². The Morgan fingerprint density at radius 2 is 2.12 bits per heavy atom. The third-order valence-electron chi connectivity index (χ3n) is 4.95. The summed E-state index contributed by atoms with van der Waals surface area (Å²) in [4.78, 5) is 4.96. The van der Waals surface area contributed by atoms with Gasteiger partial charge < -0.3 is 20.4 Å². The molecule has 0 amide bonds. The normalized spacial score (nSPS) is 20.1. The predicted molar refractivity (Wildman–Crippen MR) is 108 cm³/mol. The first-order valence-corrected chi connectivity index (χ1v) is 9.80. The van der Waals surface area contributed by atoms with Gasteiger partial charge in [0, 0.05) is 37.1 Å². The van der Waals surface area contributed by atoms with Crippen LogP contribution in [0, 0.1) is 0 Å². The molecule has 0 aromatic heterocycles. The number of nitrogens with zero attached hydrogens (tertiary/aromatic N) is 2. The number of rotatable bonds is 8. The predicted octanol–water partition coefficient (Wildman–Crippen LogP) is 3.58. The summed E-state index contributed by atoms with van der Waals surface area (Å²) >= 11 is 0. The van der Waals surface area contributed by atoms with Gasteiger partial charge >= 0.3 is 0 Å². The number of allylic oxidation sites excluding steroid dienone is 4. The number of nitrogens with one attached hydrogen (secondary N) is 2. The van der Waals surface area contributed by atoms with E-state index < -0.39 is 0 Å². The van der Waals surface area contributed by atoms with Crippen molar-refractivity contribution in [3.63, 3.8) is 0 Å². The molecule has 4 heteroatoms. The standard InChI is InChI=1S/C21H36N4/c1-6-10-19(15-18(4)22-5)25(11-7-2)21-17(3)14-20(16-23-21)24-12-8-9-13-24/h6,10,14-15,18,22-23H,7-9,11-13,16H2,1-5H3/b10-6-,19-15+. The second kappa shape index (κ2) is 9.71. The molecular weight excluding hydrogens is 308 g/mol. The van der Waals surface area contributed by atoms with Gasteiger partial charge in [-0.25, -0.2) is 0 Å². The molecule has 0 aliphatic carbocycles. The van der Waals surface area contributed by atoms with Gasteiger partial charge in [0.2, 0.25) is 0 Å². The molecule has 0 aromatic carbocycles. The van der Waals surface area contributed by atoms with E-state index in [0.717, 1.165) is 19.5 Å². The minimum absolute atomic E-state index is 0.339. The molecule has 0 bridgehead atoms. The fourth-order valence-corrected chi connectivity index (χ4v) is 3.54. The van der Waals surface area contributed by atoms with E-state index in [0.29, 0.717) is 6.04 Å². The molecule has 1 fully saturated rings. The van der Waals surface area contributed by atoms with E-state index in [1.165, 1.54) is 48.7 Å². The summed E-state index contributed by atoms with van der Waals surface area (Å²) in [6.07, 6.45) is 12.8. The first kappa shape index (κ1) is 19.6. The molecule has 2 aliphatic rings. The van der Waals surface area contributed by atoms with Crippen LogP contribution >= 0.6 is 0 Å². The molecule has 140 valence electrons. The number of likely N-dealkylation sites (tertiary alicyclic amines) is 1. The zero-order chi connectivity index (χ0) is 18.2. The first-order valence-electron chi connectivity index (χ1n) is 9.80. The van der Waals surface area contributed by atoms with Crippen LogP contribution in [0.4, 0.5) is 0 Å². The van der Waals surface area contributed by atoms with Crippen molar-refractivity contribution in [3.05, 3.63) is 47.1 Å². The number of dihydropyridines is 1. The Morgan fingerprint density at radius 1 is 1.40 bits per heavy atom. The molecule has 2 rings (SSSR count). The van der Waals surface area contributed by atoms with E-state index in [2.05, 4.69) is 72.4 Å². The highest BCUT2D eigenvalue weighted by Gasteiger charge is 2.22. The second-order valence-electron chi connectivity index (χ2n) is 7.04. The van der Waals surface area contributed by atoms with Crippen molar-refractivity contribution >= 4 is 0 Å². The van der Waals surface area contributed by atoms with E-state index in [1.807, 2.05) is 7.05 Å². The monoisotopic (exact) mass is 344 g/mol. The molecule has 25 heavy (non-hydrogen) atoms. The molecule has 1 unspecified atom stereocenters. The number of hydrogen-bond acceptors (Lipinski definition) is 4. The Kier molecular flexibility index (Phi) is 7.63. The van der Waals surface area contributed by atoms with Crippen LogP contribution in [-0.2, 0) is 0 Å². The lowest BCUT2D eigenvalue weighted by Crippen LogP contribution is -2.38. The highest BCUT2D eigenvalue weighted by Crippen LogP contribution is 2.24. The van der Waals surface area contributed by atoms with Crippen molar-refractivity contribution in [2.75, 3.05) is 33.2 Å². The molecular formula is C21H36N4. The third-order valence-corrected chi connectivity index (χ3v) is 4.95. The van der Waals surface area contributed by atoms with Crippen molar-refractivity contribution in [1.82, 2.24) is 20.4 Å². The van der Waals surface area contributed by atoms with Gasteiger partial charge in [-0.15, -0.1) is 0 Å². The quantitative estimate of drug-likeness (QED) is 0.659. The van der Waals surface area contributed by atoms with Crippen molar-refractivity contribution in [1.29, 1.82) is 0 Å². The zero-order valence-corrected chi connectivity index (χ0v) is 16.7. The van der Waals surface area contributed by atoms with Crippen LogP contribution in [-0.4, -0.2) is 49.1 Å². The highest BCUT2D eigenvalue weighted by atomic mass is 15.3. The SMILES string of the molecule is C/C=C\C(=C/C(C)NC)N(CCC)C1=C(C)C=C(N2CCCC2)CN1. The molecule has 2 heterocycles. The summed E-state index contributed by atoms with van der Waals surface area (Å²) < 4.78 is 0. The second-order valence-corrected chi connectivity index (χ2v) is 7.04. The van der Waals surface area contributed by atoms with Crippen molar-refractivity contribution in [2.45, 2.75) is 53.0 Å². The van der Waals surface area contributed by atoms with Crippen molar-refractivity contribution in [3.8, 4) is 0 Å². The fourth-order valence-electron chi connectivity index (χ4n) is 3.54. The van der Waals surface area contributed by atoms with Crippen LogP contribution < -0.4 is 10.6 Å². The van der Waals surface area contributed by atoms with Gasteiger partial charge in [-0.05, 0) is 70.9 Å². The van der Waals surface area contributed by atoms with E-state index >= 15 is 0 Å². The molecule has 0 saturated carbocycles. The van der Waals surface area contributed by atoms with Gasteiger partial charge in [0.1, 0.15) is 5.82 Å². The molecule has 0 radical (unpaired) electrons. The molecule has 4 nitrogen and oxygen atoms in total.